The van der Waals surface area contributed by atoms with E-state index in [0.29, 0.717) is 23.5 Å². The molecule has 6 heteroatoms. The van der Waals surface area contributed by atoms with Crippen molar-refractivity contribution in [1.29, 1.82) is 0 Å². The number of carbonyl (C=O) groups excluding carboxylic acids is 2. The van der Waals surface area contributed by atoms with E-state index in [2.05, 4.69) is 5.32 Å². The van der Waals surface area contributed by atoms with E-state index in [1.807, 2.05) is 6.92 Å². The van der Waals surface area contributed by atoms with Crippen molar-refractivity contribution in [2.24, 2.45) is 0 Å². The highest BCUT2D eigenvalue weighted by molar-refractivity contribution is 6.01. The van der Waals surface area contributed by atoms with E-state index in [-0.39, 0.29) is 11.8 Å². The first-order chi connectivity index (χ1) is 9.40. The third-order valence-electron chi connectivity index (χ3n) is 3.07. The second kappa shape index (κ2) is 6.79. The number of nitrogen functional groups attached to an aromatic ring is 1. The number of nitrogens with one attached hydrogen (secondary N) is 1. The maximum absolute atomic E-state index is 12.1. The van der Waals surface area contributed by atoms with Crippen LogP contribution in [0.25, 0.3) is 0 Å². The lowest BCUT2D eigenvalue weighted by atomic mass is 10.1. The van der Waals surface area contributed by atoms with E-state index < -0.39 is 6.04 Å². The van der Waals surface area contributed by atoms with Crippen molar-refractivity contribution < 1.29 is 14.3 Å². The van der Waals surface area contributed by atoms with Crippen molar-refractivity contribution in [3.63, 3.8) is 0 Å². The van der Waals surface area contributed by atoms with Gasteiger partial charge in [0.1, 0.15) is 11.8 Å². The number of nitrogens with zero attached hydrogens (tertiary/aromatic N) is 1. The number of ether oxygens (including phenoxy) is 1. The fraction of sp³-hybridized carbons (Fsp3) is 0.429. The molecule has 0 bridgehead atoms. The van der Waals surface area contributed by atoms with Crippen LogP contribution in [0.2, 0.25) is 0 Å². The first-order valence-electron chi connectivity index (χ1n) is 6.40. The predicted octanol–water partition coefficient (Wildman–Crippen LogP) is 0.874. The number of benzene rings is 1. The van der Waals surface area contributed by atoms with Crippen LogP contribution in [0, 0.1) is 0 Å². The average molecular weight is 279 g/mol. The molecule has 1 aromatic rings. The Kier molecular flexibility index (Phi) is 5.37. The monoisotopic (exact) mass is 279 g/mol. The molecule has 0 fully saturated rings. The molecule has 1 rings (SSSR count). The molecule has 1 aromatic carbocycles. The Labute approximate surface area is 118 Å². The smallest absolute Gasteiger partial charge is 0.254 e. The summed E-state index contributed by atoms with van der Waals surface area (Å²) >= 11 is 0. The number of likely N-dealkylation sites (N-methyl/N-ethyl adjacent to an activating group) is 1. The summed E-state index contributed by atoms with van der Waals surface area (Å²) in [4.78, 5) is 25.5. The van der Waals surface area contributed by atoms with Gasteiger partial charge in [-0.15, -0.1) is 0 Å². The Morgan fingerprint density at radius 3 is 2.60 bits per heavy atom. The Morgan fingerprint density at radius 2 is 2.10 bits per heavy atom. The van der Waals surface area contributed by atoms with Gasteiger partial charge in [-0.05, 0) is 26.0 Å². The first kappa shape index (κ1) is 15.8. The lowest BCUT2D eigenvalue weighted by Gasteiger charge is -2.20. The van der Waals surface area contributed by atoms with Gasteiger partial charge in [-0.3, -0.25) is 9.59 Å². The van der Waals surface area contributed by atoms with Gasteiger partial charge in [0.05, 0.1) is 12.7 Å². The number of anilines is 1. The second-order valence-electron chi connectivity index (χ2n) is 4.50. The quantitative estimate of drug-likeness (QED) is 0.783. The summed E-state index contributed by atoms with van der Waals surface area (Å²) in [7, 11) is 3.21. The number of methoxy groups -OCH3 is 1. The predicted molar refractivity (Wildman–Crippen MR) is 77.6 cm³/mol. The van der Waals surface area contributed by atoms with Crippen LogP contribution >= 0.6 is 0 Å². The zero-order valence-electron chi connectivity index (χ0n) is 12.3. The van der Waals surface area contributed by atoms with Gasteiger partial charge in [0.15, 0.2) is 0 Å². The van der Waals surface area contributed by atoms with Crippen molar-refractivity contribution in [3.05, 3.63) is 23.8 Å². The normalized spacial score (nSPS) is 11.6. The first-order valence-corrected chi connectivity index (χ1v) is 6.40. The van der Waals surface area contributed by atoms with Gasteiger partial charge < -0.3 is 20.7 Å². The van der Waals surface area contributed by atoms with Gasteiger partial charge in [0.25, 0.3) is 5.91 Å². The molecule has 0 radical (unpaired) electrons. The Morgan fingerprint density at radius 1 is 1.45 bits per heavy atom. The summed E-state index contributed by atoms with van der Waals surface area (Å²) in [6.45, 7) is 4.10. The van der Waals surface area contributed by atoms with Crippen LogP contribution in [0.5, 0.6) is 5.75 Å². The number of nitrogens with two attached hydrogens (primary N) is 1. The molecule has 0 saturated heterocycles. The Bertz CT molecular complexity index is 502. The minimum atomic E-state index is -0.603. The molecule has 0 aliphatic rings. The van der Waals surface area contributed by atoms with Crippen LogP contribution in [0.1, 0.15) is 24.2 Å². The Hall–Kier alpha value is -2.24. The lowest BCUT2D eigenvalue weighted by Crippen LogP contribution is -2.45. The fourth-order valence-corrected chi connectivity index (χ4v) is 1.70. The molecule has 1 unspecified atom stereocenters. The van der Waals surface area contributed by atoms with Crippen LogP contribution in [0.3, 0.4) is 0 Å². The summed E-state index contributed by atoms with van der Waals surface area (Å²) in [6, 6.07) is 4.19. The van der Waals surface area contributed by atoms with E-state index in [1.165, 1.54) is 7.11 Å². The van der Waals surface area contributed by atoms with E-state index in [1.54, 1.807) is 37.1 Å². The molecule has 0 spiro atoms. The summed E-state index contributed by atoms with van der Waals surface area (Å²) in [5.41, 5.74) is 6.43. The third-order valence-corrected chi connectivity index (χ3v) is 3.07. The number of amides is 2. The molecule has 6 nitrogen and oxygen atoms in total. The summed E-state index contributed by atoms with van der Waals surface area (Å²) < 4.78 is 5.02. The topological polar surface area (TPSA) is 84.7 Å². The molecular formula is C14H21N3O3. The second-order valence-corrected chi connectivity index (χ2v) is 4.50. The van der Waals surface area contributed by atoms with E-state index in [9.17, 15) is 9.59 Å². The number of rotatable bonds is 5. The highest BCUT2D eigenvalue weighted by atomic mass is 16.5. The summed E-state index contributed by atoms with van der Waals surface area (Å²) in [5.74, 6) is 0.0531. The molecule has 110 valence electrons. The van der Waals surface area contributed by atoms with Crippen LogP contribution in [0.4, 0.5) is 5.69 Å². The fourth-order valence-electron chi connectivity index (χ4n) is 1.70. The number of hydrogen-bond donors (Lipinski definition) is 2. The van der Waals surface area contributed by atoms with Gasteiger partial charge in [0, 0.05) is 25.3 Å². The highest BCUT2D eigenvalue weighted by Crippen LogP contribution is 2.19. The van der Waals surface area contributed by atoms with E-state index in [4.69, 9.17) is 10.5 Å². The minimum Gasteiger partial charge on any atom is -0.497 e. The molecule has 1 atom stereocenters. The van der Waals surface area contributed by atoms with E-state index in [0.717, 1.165) is 0 Å². The largest absolute Gasteiger partial charge is 0.497 e. The van der Waals surface area contributed by atoms with Crippen LogP contribution in [-0.4, -0.2) is 43.5 Å². The van der Waals surface area contributed by atoms with Crippen molar-refractivity contribution in [2.45, 2.75) is 19.9 Å². The van der Waals surface area contributed by atoms with Gasteiger partial charge >= 0.3 is 0 Å². The van der Waals surface area contributed by atoms with Gasteiger partial charge in [-0.2, -0.15) is 0 Å². The molecule has 20 heavy (non-hydrogen) atoms. The summed E-state index contributed by atoms with van der Waals surface area (Å²) in [6.07, 6.45) is 0. The highest BCUT2D eigenvalue weighted by Gasteiger charge is 2.20. The van der Waals surface area contributed by atoms with Gasteiger partial charge in [0.2, 0.25) is 5.91 Å². The van der Waals surface area contributed by atoms with Crippen LogP contribution in [-0.2, 0) is 4.79 Å². The maximum Gasteiger partial charge on any atom is 0.254 e. The zero-order chi connectivity index (χ0) is 15.3. The van der Waals surface area contributed by atoms with Crippen LogP contribution < -0.4 is 15.8 Å². The molecule has 0 saturated carbocycles. The molecule has 0 aliphatic heterocycles. The van der Waals surface area contributed by atoms with E-state index >= 15 is 0 Å². The molecule has 3 N–H and O–H groups in total. The third kappa shape index (κ3) is 3.63. The maximum atomic E-state index is 12.1. The Balaban J connectivity index is 2.79. The number of carbonyl (C=O) groups is 2. The van der Waals surface area contributed by atoms with Gasteiger partial charge in [-0.1, -0.05) is 0 Å². The molecular weight excluding hydrogens is 258 g/mol. The molecule has 0 heterocycles. The number of hydrogen-bond acceptors (Lipinski definition) is 4. The standard InChI is InChI=1S/C14H21N3O3/c1-5-17(3)14(19)9(2)16-13(18)11-7-6-10(20-4)8-12(11)15/h6-9H,5,15H2,1-4H3,(H,16,18). The average Bonchev–Trinajstić information content (AvgIpc) is 2.44. The SMILES string of the molecule is CCN(C)C(=O)C(C)NC(=O)c1ccc(OC)cc1N. The molecule has 0 aliphatic carbocycles. The van der Waals surface area contributed by atoms with Gasteiger partial charge in [-0.25, -0.2) is 0 Å². The van der Waals surface area contributed by atoms with Crippen molar-refractivity contribution in [3.8, 4) is 5.75 Å². The van der Waals surface area contributed by atoms with Crippen molar-refractivity contribution >= 4 is 17.5 Å². The van der Waals surface area contributed by atoms with Crippen molar-refractivity contribution in [1.82, 2.24) is 10.2 Å². The van der Waals surface area contributed by atoms with Crippen LogP contribution in [0.15, 0.2) is 18.2 Å². The lowest BCUT2D eigenvalue weighted by molar-refractivity contribution is -0.131. The molecule has 0 aromatic heterocycles. The van der Waals surface area contributed by atoms with Crippen molar-refractivity contribution in [2.75, 3.05) is 26.4 Å². The minimum absolute atomic E-state index is 0.145. The zero-order valence-corrected chi connectivity index (χ0v) is 12.3. The summed E-state index contributed by atoms with van der Waals surface area (Å²) in [5, 5.41) is 2.64. The molecule has 2 amide bonds.